The monoisotopic (exact) mass is 331 g/mol. The van der Waals surface area contributed by atoms with Gasteiger partial charge in [0.1, 0.15) is 11.6 Å². The maximum Gasteiger partial charge on any atom is 0.251 e. The quantitative estimate of drug-likeness (QED) is 0.842. The van der Waals surface area contributed by atoms with Crippen molar-refractivity contribution < 1.29 is 18.7 Å². The van der Waals surface area contributed by atoms with Gasteiger partial charge in [-0.1, -0.05) is 12.1 Å². The van der Waals surface area contributed by atoms with Crippen LogP contribution < -0.4 is 10.1 Å². The van der Waals surface area contributed by atoms with E-state index in [9.17, 15) is 9.18 Å². The molecule has 4 nitrogen and oxygen atoms in total. The van der Waals surface area contributed by atoms with Gasteiger partial charge in [-0.15, -0.1) is 0 Å². The van der Waals surface area contributed by atoms with E-state index < -0.39 is 0 Å². The lowest BCUT2D eigenvalue weighted by molar-refractivity contribution is 0.0918. The zero-order chi connectivity index (χ0) is 17.5. The molecule has 2 rings (SSSR count). The Morgan fingerprint density at radius 1 is 1.17 bits per heavy atom. The van der Waals surface area contributed by atoms with Gasteiger partial charge in [0.25, 0.3) is 5.91 Å². The van der Waals surface area contributed by atoms with Crippen molar-refractivity contribution in [3.05, 3.63) is 53.8 Å². The van der Waals surface area contributed by atoms with Crippen molar-refractivity contribution in [2.45, 2.75) is 19.4 Å². The third-order valence-corrected chi connectivity index (χ3v) is 3.86. The average molecular weight is 331 g/mol. The molecule has 0 saturated carbocycles. The molecule has 24 heavy (non-hydrogen) atoms. The SMILES string of the molecule is COc1ccc(F)cc1-c1ccc(C(=O)NCC[C@H](C)OC)cc1. The number of benzene rings is 2. The summed E-state index contributed by atoms with van der Waals surface area (Å²) in [5, 5.41) is 2.85. The molecule has 0 aliphatic heterocycles. The van der Waals surface area contributed by atoms with E-state index in [0.717, 1.165) is 12.0 Å². The molecule has 0 unspecified atom stereocenters. The Morgan fingerprint density at radius 2 is 1.88 bits per heavy atom. The molecule has 5 heteroatoms. The summed E-state index contributed by atoms with van der Waals surface area (Å²) in [6, 6.07) is 11.4. The second-order valence-corrected chi connectivity index (χ2v) is 5.51. The van der Waals surface area contributed by atoms with Gasteiger partial charge in [0, 0.05) is 24.8 Å². The molecule has 1 atom stereocenters. The molecule has 0 aliphatic carbocycles. The van der Waals surface area contributed by atoms with Gasteiger partial charge in [-0.3, -0.25) is 4.79 Å². The van der Waals surface area contributed by atoms with Gasteiger partial charge in [0.05, 0.1) is 13.2 Å². The number of amides is 1. The maximum atomic E-state index is 13.5. The zero-order valence-electron chi connectivity index (χ0n) is 14.1. The summed E-state index contributed by atoms with van der Waals surface area (Å²) in [4.78, 5) is 12.1. The summed E-state index contributed by atoms with van der Waals surface area (Å²) in [5.41, 5.74) is 1.99. The molecule has 2 aromatic carbocycles. The number of carbonyl (C=O) groups is 1. The minimum Gasteiger partial charge on any atom is -0.496 e. The standard InChI is InChI=1S/C19H22FNO3/c1-13(23-2)10-11-21-19(22)15-6-4-14(5-7-15)17-12-16(20)8-9-18(17)24-3/h4-9,12-13H,10-11H2,1-3H3,(H,21,22)/t13-/m0/s1. The van der Waals surface area contributed by atoms with E-state index in [-0.39, 0.29) is 17.8 Å². The van der Waals surface area contributed by atoms with E-state index >= 15 is 0 Å². The van der Waals surface area contributed by atoms with Crippen LogP contribution in [-0.2, 0) is 4.74 Å². The number of nitrogens with one attached hydrogen (secondary N) is 1. The van der Waals surface area contributed by atoms with Crippen LogP contribution in [-0.4, -0.2) is 32.8 Å². The topological polar surface area (TPSA) is 47.6 Å². The van der Waals surface area contributed by atoms with Crippen molar-refractivity contribution >= 4 is 5.91 Å². The van der Waals surface area contributed by atoms with Crippen molar-refractivity contribution in [1.82, 2.24) is 5.32 Å². The summed E-state index contributed by atoms with van der Waals surface area (Å²) in [7, 11) is 3.19. The molecular weight excluding hydrogens is 309 g/mol. The van der Waals surface area contributed by atoms with E-state index in [1.165, 1.54) is 12.1 Å². The van der Waals surface area contributed by atoms with Crippen LogP contribution in [0, 0.1) is 5.82 Å². The Hall–Kier alpha value is -2.40. The summed E-state index contributed by atoms with van der Waals surface area (Å²) >= 11 is 0. The largest absolute Gasteiger partial charge is 0.496 e. The number of hydrogen-bond donors (Lipinski definition) is 1. The van der Waals surface area contributed by atoms with Crippen LogP contribution in [0.25, 0.3) is 11.1 Å². The Bertz CT molecular complexity index is 686. The molecule has 2 aromatic rings. The molecule has 0 bridgehead atoms. The van der Waals surface area contributed by atoms with E-state index in [1.54, 1.807) is 44.6 Å². The normalized spacial score (nSPS) is 11.8. The second kappa shape index (κ2) is 8.45. The lowest BCUT2D eigenvalue weighted by Crippen LogP contribution is -2.26. The van der Waals surface area contributed by atoms with E-state index in [1.807, 2.05) is 6.92 Å². The number of hydrogen-bond acceptors (Lipinski definition) is 3. The first-order chi connectivity index (χ1) is 11.5. The van der Waals surface area contributed by atoms with Crippen LogP contribution >= 0.6 is 0 Å². The van der Waals surface area contributed by atoms with Gasteiger partial charge in [-0.2, -0.15) is 0 Å². The maximum absolute atomic E-state index is 13.5. The van der Waals surface area contributed by atoms with Crippen molar-refractivity contribution in [2.75, 3.05) is 20.8 Å². The van der Waals surface area contributed by atoms with E-state index in [2.05, 4.69) is 5.32 Å². The van der Waals surface area contributed by atoms with E-state index in [0.29, 0.717) is 23.4 Å². The Kier molecular flexibility index (Phi) is 6.32. The predicted octanol–water partition coefficient (Wildman–Crippen LogP) is 3.66. The summed E-state index contributed by atoms with van der Waals surface area (Å²) in [6.45, 7) is 2.50. The number of carbonyl (C=O) groups excluding carboxylic acids is 1. The predicted molar refractivity (Wildman–Crippen MR) is 91.8 cm³/mol. The zero-order valence-corrected chi connectivity index (χ0v) is 14.1. The van der Waals surface area contributed by atoms with Gasteiger partial charge in [0.15, 0.2) is 0 Å². The average Bonchev–Trinajstić information content (AvgIpc) is 2.61. The van der Waals surface area contributed by atoms with Crippen LogP contribution in [0.3, 0.4) is 0 Å². The van der Waals surface area contributed by atoms with Gasteiger partial charge in [-0.25, -0.2) is 4.39 Å². The van der Waals surface area contributed by atoms with Gasteiger partial charge < -0.3 is 14.8 Å². The summed E-state index contributed by atoms with van der Waals surface area (Å²) in [5.74, 6) is 0.109. The first kappa shape index (κ1) is 17.9. The molecule has 0 aromatic heterocycles. The van der Waals surface area contributed by atoms with Crippen LogP contribution in [0.2, 0.25) is 0 Å². The van der Waals surface area contributed by atoms with Crippen molar-refractivity contribution in [2.24, 2.45) is 0 Å². The molecule has 1 amide bonds. The molecule has 0 aliphatic rings. The third-order valence-electron chi connectivity index (χ3n) is 3.86. The van der Waals surface area contributed by atoms with Crippen LogP contribution in [0.4, 0.5) is 4.39 Å². The summed E-state index contributed by atoms with van der Waals surface area (Å²) in [6.07, 6.45) is 0.856. The molecule has 1 N–H and O–H groups in total. The lowest BCUT2D eigenvalue weighted by Gasteiger charge is -2.11. The highest BCUT2D eigenvalue weighted by Crippen LogP contribution is 2.30. The van der Waals surface area contributed by atoms with Crippen molar-refractivity contribution in [3.63, 3.8) is 0 Å². The molecule has 0 fully saturated rings. The van der Waals surface area contributed by atoms with Gasteiger partial charge >= 0.3 is 0 Å². The molecule has 0 saturated heterocycles. The first-order valence-electron chi connectivity index (χ1n) is 7.80. The first-order valence-corrected chi connectivity index (χ1v) is 7.80. The molecular formula is C19H22FNO3. The van der Waals surface area contributed by atoms with Gasteiger partial charge in [0.2, 0.25) is 0 Å². The van der Waals surface area contributed by atoms with Crippen LogP contribution in [0.1, 0.15) is 23.7 Å². The molecule has 0 heterocycles. The van der Waals surface area contributed by atoms with Crippen molar-refractivity contribution in [3.8, 4) is 16.9 Å². The number of ether oxygens (including phenoxy) is 2. The lowest BCUT2D eigenvalue weighted by atomic mass is 10.0. The molecule has 0 spiro atoms. The van der Waals surface area contributed by atoms with Gasteiger partial charge in [-0.05, 0) is 49.2 Å². The minimum absolute atomic E-state index is 0.105. The highest BCUT2D eigenvalue weighted by molar-refractivity contribution is 5.94. The highest BCUT2D eigenvalue weighted by Gasteiger charge is 2.10. The Morgan fingerprint density at radius 3 is 2.50 bits per heavy atom. The Labute approximate surface area is 141 Å². The van der Waals surface area contributed by atoms with Crippen molar-refractivity contribution in [1.29, 1.82) is 0 Å². The molecule has 0 radical (unpaired) electrons. The Balaban J connectivity index is 2.08. The summed E-state index contributed by atoms with van der Waals surface area (Å²) < 4.78 is 23.9. The highest BCUT2D eigenvalue weighted by atomic mass is 19.1. The fourth-order valence-corrected chi connectivity index (χ4v) is 2.32. The molecule has 128 valence electrons. The number of methoxy groups -OCH3 is 2. The fourth-order valence-electron chi connectivity index (χ4n) is 2.32. The third kappa shape index (κ3) is 4.55. The minimum atomic E-state index is -0.333. The smallest absolute Gasteiger partial charge is 0.251 e. The van der Waals surface area contributed by atoms with Crippen LogP contribution in [0.5, 0.6) is 5.75 Å². The second-order valence-electron chi connectivity index (χ2n) is 5.51. The van der Waals surface area contributed by atoms with E-state index in [4.69, 9.17) is 9.47 Å². The number of rotatable bonds is 7. The fraction of sp³-hybridized carbons (Fsp3) is 0.316. The number of halogens is 1. The van der Waals surface area contributed by atoms with Crippen LogP contribution in [0.15, 0.2) is 42.5 Å².